The maximum atomic E-state index is 12.2. The summed E-state index contributed by atoms with van der Waals surface area (Å²) in [4.78, 5) is 26.0. The summed E-state index contributed by atoms with van der Waals surface area (Å²) in [6.45, 7) is 1.99. The molecule has 1 heterocycles. The zero-order chi connectivity index (χ0) is 17.1. The Kier molecular flexibility index (Phi) is 4.88. The lowest BCUT2D eigenvalue weighted by molar-refractivity contribution is -0.136. The molecule has 0 N–H and O–H groups in total. The Labute approximate surface area is 141 Å². The van der Waals surface area contributed by atoms with Crippen LogP contribution in [0.5, 0.6) is 0 Å². The van der Waals surface area contributed by atoms with Crippen LogP contribution in [0.15, 0.2) is 34.7 Å². The molecule has 3 rings (SSSR count). The van der Waals surface area contributed by atoms with Gasteiger partial charge < -0.3 is 14.1 Å². The molecule has 1 aliphatic carbocycles. The molecule has 24 heavy (non-hydrogen) atoms. The van der Waals surface area contributed by atoms with Crippen molar-refractivity contribution in [2.24, 2.45) is 5.92 Å². The van der Waals surface area contributed by atoms with Gasteiger partial charge in [0.25, 0.3) is 5.91 Å². The quantitative estimate of drug-likeness (QED) is 0.804. The number of likely N-dealkylation sites (N-methyl/N-ethyl adjacent to an activating group) is 1. The third-order valence-electron chi connectivity index (χ3n) is 4.88. The molecule has 1 fully saturated rings. The van der Waals surface area contributed by atoms with Crippen molar-refractivity contribution in [1.29, 1.82) is 0 Å². The van der Waals surface area contributed by atoms with Crippen molar-refractivity contribution in [2.45, 2.75) is 38.6 Å². The summed E-state index contributed by atoms with van der Waals surface area (Å²) in [6, 6.07) is 9.24. The van der Waals surface area contributed by atoms with E-state index >= 15 is 0 Å². The Bertz CT molecular complexity index is 695. The number of esters is 1. The minimum Gasteiger partial charge on any atom is -0.450 e. The van der Waals surface area contributed by atoms with Crippen LogP contribution in [0.25, 0.3) is 11.0 Å². The number of para-hydroxylation sites is 1. The maximum Gasteiger partial charge on any atom is 0.374 e. The summed E-state index contributed by atoms with van der Waals surface area (Å²) in [6.07, 6.45) is 4.31. The first-order chi connectivity index (χ1) is 11.5. The van der Waals surface area contributed by atoms with Gasteiger partial charge in [0.05, 0.1) is 0 Å². The Morgan fingerprint density at radius 3 is 2.62 bits per heavy atom. The summed E-state index contributed by atoms with van der Waals surface area (Å²) in [5, 5.41) is 0.837. The number of fused-ring (bicyclic) bond motifs is 1. The van der Waals surface area contributed by atoms with Gasteiger partial charge >= 0.3 is 5.97 Å². The zero-order valence-corrected chi connectivity index (χ0v) is 14.2. The number of carbonyl (C=O) groups is 2. The second kappa shape index (κ2) is 7.07. The molecule has 0 bridgehead atoms. The molecule has 5 nitrogen and oxygen atoms in total. The smallest absolute Gasteiger partial charge is 0.374 e. The van der Waals surface area contributed by atoms with Gasteiger partial charge in [0.1, 0.15) is 5.58 Å². The number of hydrogen-bond donors (Lipinski definition) is 0. The molecule has 1 aliphatic rings. The lowest BCUT2D eigenvalue weighted by atomic mass is 9.87. The molecule has 0 unspecified atom stereocenters. The average Bonchev–Trinajstić information content (AvgIpc) is 3.03. The lowest BCUT2D eigenvalue weighted by Gasteiger charge is -2.33. The second-order valence-corrected chi connectivity index (χ2v) is 6.64. The Balaban J connectivity index is 1.54. The molecule has 2 aromatic rings. The highest BCUT2D eigenvalue weighted by Crippen LogP contribution is 2.26. The summed E-state index contributed by atoms with van der Waals surface area (Å²) in [7, 11) is 1.79. The van der Waals surface area contributed by atoms with E-state index < -0.39 is 5.97 Å². The van der Waals surface area contributed by atoms with E-state index in [0.29, 0.717) is 5.58 Å². The molecule has 1 aromatic carbocycles. The highest BCUT2D eigenvalue weighted by molar-refractivity contribution is 5.93. The molecule has 128 valence electrons. The van der Waals surface area contributed by atoms with Gasteiger partial charge in [-0.05, 0) is 43.7 Å². The molecular weight excluding hydrogens is 306 g/mol. The van der Waals surface area contributed by atoms with Gasteiger partial charge in [-0.2, -0.15) is 0 Å². The number of furan rings is 1. The van der Waals surface area contributed by atoms with E-state index in [1.54, 1.807) is 24.1 Å². The molecule has 0 radical (unpaired) electrons. The van der Waals surface area contributed by atoms with Crippen molar-refractivity contribution in [2.75, 3.05) is 13.7 Å². The number of benzene rings is 1. The third kappa shape index (κ3) is 3.61. The fourth-order valence-corrected chi connectivity index (χ4v) is 3.22. The van der Waals surface area contributed by atoms with E-state index in [1.165, 1.54) is 0 Å². The number of amides is 1. The van der Waals surface area contributed by atoms with Crippen molar-refractivity contribution in [3.63, 3.8) is 0 Å². The molecule has 0 saturated heterocycles. The fraction of sp³-hybridized carbons (Fsp3) is 0.474. The maximum absolute atomic E-state index is 12.2. The van der Waals surface area contributed by atoms with E-state index in [1.807, 2.05) is 18.2 Å². The lowest BCUT2D eigenvalue weighted by Crippen LogP contribution is -2.41. The average molecular weight is 329 g/mol. The van der Waals surface area contributed by atoms with E-state index in [9.17, 15) is 9.59 Å². The van der Waals surface area contributed by atoms with Gasteiger partial charge in [-0.15, -0.1) is 0 Å². The first-order valence-electron chi connectivity index (χ1n) is 8.46. The molecular formula is C19H23NO4. The number of rotatable bonds is 4. The first-order valence-corrected chi connectivity index (χ1v) is 8.46. The van der Waals surface area contributed by atoms with Gasteiger partial charge in [-0.25, -0.2) is 4.79 Å². The highest BCUT2D eigenvalue weighted by atomic mass is 16.5. The monoisotopic (exact) mass is 329 g/mol. The minimum atomic E-state index is -0.606. The van der Waals surface area contributed by atoms with E-state index in [-0.39, 0.29) is 24.3 Å². The summed E-state index contributed by atoms with van der Waals surface area (Å²) >= 11 is 0. The largest absolute Gasteiger partial charge is 0.450 e. The minimum absolute atomic E-state index is 0.123. The Morgan fingerprint density at radius 1 is 1.21 bits per heavy atom. The molecule has 1 aromatic heterocycles. The van der Waals surface area contributed by atoms with Gasteiger partial charge in [-0.1, -0.05) is 25.1 Å². The van der Waals surface area contributed by atoms with Crippen molar-refractivity contribution in [1.82, 2.24) is 4.90 Å². The van der Waals surface area contributed by atoms with Crippen molar-refractivity contribution in [3.05, 3.63) is 36.1 Å². The molecule has 0 spiro atoms. The summed E-state index contributed by atoms with van der Waals surface area (Å²) in [5.74, 6) is 0.0815. The second-order valence-electron chi connectivity index (χ2n) is 6.64. The van der Waals surface area contributed by atoms with Gasteiger partial charge in [0.2, 0.25) is 5.76 Å². The Hall–Kier alpha value is -2.30. The van der Waals surface area contributed by atoms with Crippen LogP contribution in [0.4, 0.5) is 0 Å². The fourth-order valence-electron chi connectivity index (χ4n) is 3.22. The first kappa shape index (κ1) is 16.6. The van der Waals surface area contributed by atoms with Crippen molar-refractivity contribution >= 4 is 22.8 Å². The topological polar surface area (TPSA) is 59.8 Å². The van der Waals surface area contributed by atoms with Crippen LogP contribution in [-0.4, -0.2) is 36.5 Å². The standard InChI is InChI=1S/C19H23NO4/c1-13-7-9-15(10-8-13)20(2)18(21)12-23-19(22)17-11-14-5-3-4-6-16(14)24-17/h3-6,11,13,15H,7-10,12H2,1-2H3. The SMILES string of the molecule is CC1CCC(N(C)C(=O)COC(=O)c2cc3ccccc3o2)CC1. The normalized spacial score (nSPS) is 20.8. The molecule has 0 atom stereocenters. The molecule has 1 saturated carbocycles. The van der Waals surface area contributed by atoms with Crippen LogP contribution in [0.3, 0.4) is 0 Å². The molecule has 1 amide bonds. The number of nitrogens with zero attached hydrogens (tertiary/aromatic N) is 1. The van der Waals surface area contributed by atoms with Gasteiger partial charge in [-0.3, -0.25) is 4.79 Å². The van der Waals surface area contributed by atoms with Crippen LogP contribution < -0.4 is 0 Å². The van der Waals surface area contributed by atoms with E-state index in [4.69, 9.17) is 9.15 Å². The predicted molar refractivity (Wildman–Crippen MR) is 90.7 cm³/mol. The predicted octanol–water partition coefficient (Wildman–Crippen LogP) is 3.63. The number of hydrogen-bond acceptors (Lipinski definition) is 4. The Morgan fingerprint density at radius 2 is 1.92 bits per heavy atom. The van der Waals surface area contributed by atoms with Crippen molar-refractivity contribution in [3.8, 4) is 0 Å². The summed E-state index contributed by atoms with van der Waals surface area (Å²) < 4.78 is 10.6. The van der Waals surface area contributed by atoms with E-state index in [0.717, 1.165) is 37.0 Å². The third-order valence-corrected chi connectivity index (χ3v) is 4.88. The zero-order valence-electron chi connectivity index (χ0n) is 14.2. The molecule has 5 heteroatoms. The van der Waals surface area contributed by atoms with Crippen LogP contribution in [0, 0.1) is 5.92 Å². The van der Waals surface area contributed by atoms with E-state index in [2.05, 4.69) is 6.92 Å². The van der Waals surface area contributed by atoms with Crippen LogP contribution in [0.2, 0.25) is 0 Å². The summed E-state index contributed by atoms with van der Waals surface area (Å²) in [5.41, 5.74) is 0.629. The van der Waals surface area contributed by atoms with Crippen LogP contribution in [0.1, 0.15) is 43.2 Å². The van der Waals surface area contributed by atoms with Gasteiger partial charge in [0, 0.05) is 18.5 Å². The van der Waals surface area contributed by atoms with Crippen molar-refractivity contribution < 1.29 is 18.7 Å². The van der Waals surface area contributed by atoms with Crippen LogP contribution in [-0.2, 0) is 9.53 Å². The highest BCUT2D eigenvalue weighted by Gasteiger charge is 2.25. The van der Waals surface area contributed by atoms with Crippen LogP contribution >= 0.6 is 0 Å². The number of ether oxygens (including phenoxy) is 1. The number of carbonyl (C=O) groups excluding carboxylic acids is 2. The molecule has 0 aliphatic heterocycles. The van der Waals surface area contributed by atoms with Gasteiger partial charge in [0.15, 0.2) is 6.61 Å².